The lowest BCUT2D eigenvalue weighted by atomic mass is 10.2. The topological polar surface area (TPSA) is 90.7 Å². The highest BCUT2D eigenvalue weighted by molar-refractivity contribution is 9.10. The summed E-state index contributed by atoms with van der Waals surface area (Å²) < 4.78 is 0.777. The summed E-state index contributed by atoms with van der Waals surface area (Å²) in [5.74, 6) is -0.379. The third-order valence-electron chi connectivity index (χ3n) is 2.50. The summed E-state index contributed by atoms with van der Waals surface area (Å²) in [6.45, 7) is 2.82. The van der Waals surface area contributed by atoms with Crippen molar-refractivity contribution in [2.75, 3.05) is 17.2 Å². The number of carbonyl (C=O) groups excluding carboxylic acids is 1. The highest BCUT2D eigenvalue weighted by atomic mass is 79.9. The van der Waals surface area contributed by atoms with Gasteiger partial charge in [0.25, 0.3) is 5.91 Å². The summed E-state index contributed by atoms with van der Waals surface area (Å²) >= 11 is 4.46. The van der Waals surface area contributed by atoms with E-state index in [9.17, 15) is 4.79 Å². The maximum Gasteiger partial charge on any atom is 0.286 e. The number of nitriles is 1. The molecule has 0 fully saturated rings. The Hall–Kier alpha value is -1.98. The molecule has 0 unspecified atom stereocenters. The van der Waals surface area contributed by atoms with E-state index in [0.29, 0.717) is 16.4 Å². The van der Waals surface area contributed by atoms with Gasteiger partial charge in [-0.3, -0.25) is 4.79 Å². The average Bonchev–Trinajstić information content (AvgIpc) is 2.95. The van der Waals surface area contributed by atoms with Gasteiger partial charge in [-0.25, -0.2) is 0 Å². The monoisotopic (exact) mass is 365 g/mol. The van der Waals surface area contributed by atoms with Gasteiger partial charge in [0.1, 0.15) is 6.07 Å². The van der Waals surface area contributed by atoms with Crippen LogP contribution in [0.5, 0.6) is 0 Å². The summed E-state index contributed by atoms with van der Waals surface area (Å²) in [5, 5.41) is 23.4. The fourth-order valence-corrected chi connectivity index (χ4v) is 2.54. The van der Waals surface area contributed by atoms with Gasteiger partial charge in [0, 0.05) is 11.0 Å². The molecule has 0 radical (unpaired) electrons. The molecule has 0 saturated heterocycles. The van der Waals surface area contributed by atoms with Crippen molar-refractivity contribution in [3.05, 3.63) is 33.2 Å². The molecule has 0 saturated carbocycles. The van der Waals surface area contributed by atoms with Crippen LogP contribution in [-0.4, -0.2) is 22.6 Å². The van der Waals surface area contributed by atoms with Crippen molar-refractivity contribution in [2.45, 2.75) is 13.3 Å². The highest BCUT2D eigenvalue weighted by Crippen LogP contribution is 2.22. The van der Waals surface area contributed by atoms with E-state index in [1.165, 1.54) is 11.3 Å². The number of halogens is 1. The van der Waals surface area contributed by atoms with Crippen molar-refractivity contribution in [3.63, 3.8) is 0 Å². The molecule has 8 heteroatoms. The smallest absolute Gasteiger partial charge is 0.286 e. The van der Waals surface area contributed by atoms with Gasteiger partial charge >= 0.3 is 0 Å². The van der Waals surface area contributed by atoms with Gasteiger partial charge in [-0.15, -0.1) is 10.2 Å². The summed E-state index contributed by atoms with van der Waals surface area (Å²) in [4.78, 5) is 12.1. The van der Waals surface area contributed by atoms with E-state index in [1.54, 1.807) is 18.2 Å². The van der Waals surface area contributed by atoms with Crippen LogP contribution in [0.3, 0.4) is 0 Å². The lowest BCUT2D eigenvalue weighted by Gasteiger charge is -2.05. The molecule has 1 aromatic heterocycles. The Kier molecular flexibility index (Phi) is 5.25. The largest absolute Gasteiger partial charge is 0.360 e. The number of carbonyl (C=O) groups is 1. The summed E-state index contributed by atoms with van der Waals surface area (Å²) in [7, 11) is 0. The minimum absolute atomic E-state index is 0.250. The minimum atomic E-state index is -0.379. The molecule has 0 spiro atoms. The number of anilines is 2. The number of benzene rings is 1. The Balaban J connectivity index is 2.11. The molecule has 108 valence electrons. The molecule has 2 N–H and O–H groups in total. The Bertz CT molecular complexity index is 694. The van der Waals surface area contributed by atoms with Crippen molar-refractivity contribution in [3.8, 4) is 6.07 Å². The van der Waals surface area contributed by atoms with Crippen LogP contribution in [0, 0.1) is 11.3 Å². The quantitative estimate of drug-likeness (QED) is 0.848. The van der Waals surface area contributed by atoms with Gasteiger partial charge < -0.3 is 10.6 Å². The molecule has 2 rings (SSSR count). The summed E-state index contributed by atoms with van der Waals surface area (Å²) in [6, 6.07) is 7.10. The van der Waals surface area contributed by atoms with E-state index in [0.717, 1.165) is 17.4 Å². The van der Waals surface area contributed by atoms with Gasteiger partial charge in [0.2, 0.25) is 10.1 Å². The second kappa shape index (κ2) is 7.15. The number of nitrogens with zero attached hydrogens (tertiary/aromatic N) is 3. The molecule has 6 nitrogen and oxygen atoms in total. The van der Waals surface area contributed by atoms with Gasteiger partial charge in [-0.05, 0) is 24.6 Å². The molecule has 1 aromatic carbocycles. The van der Waals surface area contributed by atoms with Gasteiger partial charge in [0.05, 0.1) is 11.3 Å². The molecule has 1 amide bonds. The first-order valence-electron chi connectivity index (χ1n) is 6.22. The summed E-state index contributed by atoms with van der Waals surface area (Å²) in [5.41, 5.74) is 0.829. The molecular weight excluding hydrogens is 354 g/mol. The second-order valence-corrected chi connectivity index (χ2v) is 5.99. The summed E-state index contributed by atoms with van der Waals surface area (Å²) in [6.07, 6.45) is 0.964. The second-order valence-electron chi connectivity index (χ2n) is 4.09. The van der Waals surface area contributed by atoms with E-state index in [-0.39, 0.29) is 10.9 Å². The Labute approximate surface area is 134 Å². The Morgan fingerprint density at radius 3 is 3.00 bits per heavy atom. The van der Waals surface area contributed by atoms with Crippen LogP contribution < -0.4 is 10.6 Å². The van der Waals surface area contributed by atoms with Crippen molar-refractivity contribution in [1.29, 1.82) is 5.26 Å². The van der Waals surface area contributed by atoms with E-state index >= 15 is 0 Å². The maximum atomic E-state index is 12.1. The number of amides is 1. The van der Waals surface area contributed by atoms with E-state index in [4.69, 9.17) is 5.26 Å². The molecule has 0 aliphatic heterocycles. The number of rotatable bonds is 5. The van der Waals surface area contributed by atoms with Crippen LogP contribution in [0.4, 0.5) is 10.8 Å². The van der Waals surface area contributed by atoms with Crippen molar-refractivity contribution in [1.82, 2.24) is 10.2 Å². The van der Waals surface area contributed by atoms with Gasteiger partial charge in [0.15, 0.2) is 0 Å². The predicted molar refractivity (Wildman–Crippen MR) is 85.5 cm³/mol. The zero-order chi connectivity index (χ0) is 15.2. The zero-order valence-corrected chi connectivity index (χ0v) is 13.6. The maximum absolute atomic E-state index is 12.1. The molecule has 1 heterocycles. The minimum Gasteiger partial charge on any atom is -0.360 e. The zero-order valence-electron chi connectivity index (χ0n) is 11.2. The first-order valence-corrected chi connectivity index (χ1v) is 7.83. The van der Waals surface area contributed by atoms with Crippen LogP contribution in [-0.2, 0) is 0 Å². The molecule has 0 aliphatic carbocycles. The number of nitrogens with one attached hydrogen (secondary N) is 2. The normalized spacial score (nSPS) is 9.95. The SMILES string of the molecule is CCCNc1nnc(C(=O)Nc2ccc(Br)cc2C#N)s1. The number of hydrogen-bond donors (Lipinski definition) is 2. The fraction of sp³-hybridized carbons (Fsp3) is 0.231. The van der Waals surface area contributed by atoms with Crippen molar-refractivity contribution >= 4 is 44.0 Å². The van der Waals surface area contributed by atoms with E-state index in [1.807, 2.05) is 13.0 Å². The Morgan fingerprint density at radius 1 is 1.48 bits per heavy atom. The third-order valence-corrected chi connectivity index (χ3v) is 3.87. The fourth-order valence-electron chi connectivity index (χ4n) is 1.51. The van der Waals surface area contributed by atoms with E-state index in [2.05, 4.69) is 36.8 Å². The third kappa shape index (κ3) is 4.00. The first-order chi connectivity index (χ1) is 10.1. The molecule has 21 heavy (non-hydrogen) atoms. The van der Waals surface area contributed by atoms with Crippen LogP contribution in [0.2, 0.25) is 0 Å². The number of aromatic nitrogens is 2. The first kappa shape index (κ1) is 15.4. The predicted octanol–water partition coefficient (Wildman–Crippen LogP) is 3.25. The lowest BCUT2D eigenvalue weighted by Crippen LogP contribution is -2.12. The average molecular weight is 366 g/mol. The van der Waals surface area contributed by atoms with Crippen LogP contribution >= 0.6 is 27.3 Å². The molecule has 0 atom stereocenters. The van der Waals surface area contributed by atoms with Gasteiger partial charge in [-0.2, -0.15) is 5.26 Å². The highest BCUT2D eigenvalue weighted by Gasteiger charge is 2.14. The van der Waals surface area contributed by atoms with Crippen molar-refractivity contribution in [2.24, 2.45) is 0 Å². The number of hydrogen-bond acceptors (Lipinski definition) is 6. The van der Waals surface area contributed by atoms with Crippen LogP contribution in [0.1, 0.15) is 28.7 Å². The van der Waals surface area contributed by atoms with Gasteiger partial charge in [-0.1, -0.05) is 34.2 Å². The molecular formula is C13H12BrN5OS. The lowest BCUT2D eigenvalue weighted by molar-refractivity contribution is 0.102. The van der Waals surface area contributed by atoms with E-state index < -0.39 is 0 Å². The molecule has 2 aromatic rings. The van der Waals surface area contributed by atoms with Crippen LogP contribution in [0.25, 0.3) is 0 Å². The van der Waals surface area contributed by atoms with Crippen molar-refractivity contribution < 1.29 is 4.79 Å². The molecule has 0 bridgehead atoms. The Morgan fingerprint density at radius 2 is 2.29 bits per heavy atom. The van der Waals surface area contributed by atoms with Crippen LogP contribution in [0.15, 0.2) is 22.7 Å². The molecule has 0 aliphatic rings. The standard InChI is InChI=1S/C13H12BrN5OS/c1-2-5-16-13-19-18-12(21-13)11(20)17-10-4-3-9(14)6-8(10)7-15/h3-4,6H,2,5H2,1H3,(H,16,19)(H,17,20).